The van der Waals surface area contributed by atoms with Crippen LogP contribution in [-0.4, -0.2) is 50.2 Å². The lowest BCUT2D eigenvalue weighted by molar-refractivity contribution is 0.650. The summed E-state index contributed by atoms with van der Waals surface area (Å²) in [6.45, 7) is 5.85. The SMILES string of the molecule is CCNC(=NCCSC)NC1CCN(c2cccc(Cl)c2)C1.I. The first kappa shape index (κ1) is 20.7. The van der Waals surface area contributed by atoms with E-state index in [4.69, 9.17) is 11.6 Å². The van der Waals surface area contributed by atoms with Crippen molar-refractivity contribution in [3.8, 4) is 0 Å². The fourth-order valence-corrected chi connectivity index (χ4v) is 3.01. The molecule has 4 nitrogen and oxygen atoms in total. The van der Waals surface area contributed by atoms with E-state index >= 15 is 0 Å². The minimum atomic E-state index is 0. The largest absolute Gasteiger partial charge is 0.369 e. The Balaban J connectivity index is 0.00000264. The minimum absolute atomic E-state index is 0. The van der Waals surface area contributed by atoms with Gasteiger partial charge in [-0.3, -0.25) is 4.99 Å². The van der Waals surface area contributed by atoms with Gasteiger partial charge in [-0.15, -0.1) is 24.0 Å². The summed E-state index contributed by atoms with van der Waals surface area (Å²) in [5.74, 6) is 1.98. The Bertz CT molecular complexity index is 501. The smallest absolute Gasteiger partial charge is 0.191 e. The van der Waals surface area contributed by atoms with Gasteiger partial charge in [0.1, 0.15) is 0 Å². The standard InChI is InChI=1S/C16H25ClN4S.HI/c1-3-18-16(19-8-10-22-2)20-14-7-9-21(12-14)15-6-4-5-13(17)11-15;/h4-6,11,14H,3,7-10,12H2,1-2H3,(H2,18,19,20);1H. The molecule has 1 aliphatic rings. The Morgan fingerprint density at radius 2 is 2.30 bits per heavy atom. The van der Waals surface area contributed by atoms with E-state index in [1.807, 2.05) is 30.0 Å². The summed E-state index contributed by atoms with van der Waals surface area (Å²) in [5, 5.41) is 7.66. The average molecular weight is 469 g/mol. The summed E-state index contributed by atoms with van der Waals surface area (Å²) >= 11 is 7.90. The topological polar surface area (TPSA) is 39.7 Å². The Labute approximate surface area is 165 Å². The van der Waals surface area contributed by atoms with Crippen molar-refractivity contribution in [3.63, 3.8) is 0 Å². The molecule has 23 heavy (non-hydrogen) atoms. The lowest BCUT2D eigenvalue weighted by Crippen LogP contribution is -2.44. The highest BCUT2D eigenvalue weighted by molar-refractivity contribution is 14.0. The molecule has 1 aromatic carbocycles. The molecule has 0 spiro atoms. The van der Waals surface area contributed by atoms with Gasteiger partial charge in [-0.25, -0.2) is 0 Å². The average Bonchev–Trinajstić information content (AvgIpc) is 2.96. The number of thioether (sulfide) groups is 1. The molecule has 1 heterocycles. The van der Waals surface area contributed by atoms with Crippen LogP contribution < -0.4 is 15.5 Å². The van der Waals surface area contributed by atoms with Gasteiger partial charge >= 0.3 is 0 Å². The molecule has 1 unspecified atom stereocenters. The van der Waals surface area contributed by atoms with E-state index in [-0.39, 0.29) is 24.0 Å². The number of hydrogen-bond donors (Lipinski definition) is 2. The molecule has 1 fully saturated rings. The fraction of sp³-hybridized carbons (Fsp3) is 0.562. The van der Waals surface area contributed by atoms with E-state index in [9.17, 15) is 0 Å². The van der Waals surface area contributed by atoms with E-state index in [1.54, 1.807) is 0 Å². The summed E-state index contributed by atoms with van der Waals surface area (Å²) in [6.07, 6.45) is 3.22. The van der Waals surface area contributed by atoms with Crippen LogP contribution in [0.2, 0.25) is 5.02 Å². The molecule has 2 N–H and O–H groups in total. The maximum Gasteiger partial charge on any atom is 0.191 e. The lowest BCUT2D eigenvalue weighted by Gasteiger charge is -2.20. The second-order valence-corrected chi connectivity index (χ2v) is 6.73. The predicted octanol–water partition coefficient (Wildman–Crippen LogP) is 3.45. The molecule has 0 bridgehead atoms. The number of halogens is 2. The highest BCUT2D eigenvalue weighted by Gasteiger charge is 2.23. The van der Waals surface area contributed by atoms with Gasteiger partial charge in [-0.05, 0) is 37.8 Å². The molecule has 0 saturated carbocycles. The predicted molar refractivity (Wildman–Crippen MR) is 115 cm³/mol. The molecule has 0 amide bonds. The minimum Gasteiger partial charge on any atom is -0.369 e. The van der Waals surface area contributed by atoms with E-state index in [0.717, 1.165) is 49.3 Å². The second-order valence-electron chi connectivity index (χ2n) is 5.31. The number of guanidine groups is 1. The summed E-state index contributed by atoms with van der Waals surface area (Å²) in [7, 11) is 0. The summed E-state index contributed by atoms with van der Waals surface area (Å²) in [4.78, 5) is 6.98. The van der Waals surface area contributed by atoms with Gasteiger partial charge in [0.2, 0.25) is 0 Å². The van der Waals surface area contributed by atoms with Crippen LogP contribution in [0.5, 0.6) is 0 Å². The summed E-state index contributed by atoms with van der Waals surface area (Å²) in [5.41, 5.74) is 1.20. The molecule has 1 saturated heterocycles. The van der Waals surface area contributed by atoms with Crippen molar-refractivity contribution in [2.45, 2.75) is 19.4 Å². The van der Waals surface area contributed by atoms with Crippen LogP contribution in [0.15, 0.2) is 29.3 Å². The van der Waals surface area contributed by atoms with Gasteiger partial charge in [0, 0.05) is 42.1 Å². The van der Waals surface area contributed by atoms with Crippen LogP contribution in [-0.2, 0) is 0 Å². The van der Waals surface area contributed by atoms with Crippen molar-refractivity contribution >= 4 is 59.0 Å². The van der Waals surface area contributed by atoms with Crippen LogP contribution in [0.3, 0.4) is 0 Å². The maximum absolute atomic E-state index is 6.08. The molecule has 0 radical (unpaired) electrons. The molecule has 1 aliphatic heterocycles. The third kappa shape index (κ3) is 6.97. The fourth-order valence-electron chi connectivity index (χ4n) is 2.55. The molecule has 7 heteroatoms. The molecule has 1 aromatic rings. The molecule has 1 atom stereocenters. The van der Waals surface area contributed by atoms with Crippen LogP contribution in [0.4, 0.5) is 5.69 Å². The molecule has 2 rings (SSSR count). The van der Waals surface area contributed by atoms with Crippen LogP contribution >= 0.6 is 47.3 Å². The zero-order valence-electron chi connectivity index (χ0n) is 13.7. The number of hydrogen-bond acceptors (Lipinski definition) is 3. The zero-order valence-corrected chi connectivity index (χ0v) is 17.6. The normalized spacial score (nSPS) is 17.8. The number of anilines is 1. The van der Waals surface area contributed by atoms with E-state index in [1.165, 1.54) is 5.69 Å². The maximum atomic E-state index is 6.08. The Morgan fingerprint density at radius 1 is 1.48 bits per heavy atom. The Morgan fingerprint density at radius 3 is 3.00 bits per heavy atom. The Kier molecular flexibility index (Phi) is 10.1. The first-order valence-corrected chi connectivity index (χ1v) is 9.54. The van der Waals surface area contributed by atoms with Crippen molar-refractivity contribution < 1.29 is 0 Å². The van der Waals surface area contributed by atoms with Gasteiger partial charge in [-0.2, -0.15) is 11.8 Å². The molecule has 0 aliphatic carbocycles. The third-order valence-corrected chi connectivity index (χ3v) is 4.44. The van der Waals surface area contributed by atoms with Crippen molar-refractivity contribution in [2.75, 3.05) is 43.1 Å². The van der Waals surface area contributed by atoms with Crippen LogP contribution in [0.1, 0.15) is 13.3 Å². The van der Waals surface area contributed by atoms with Crippen molar-refractivity contribution in [2.24, 2.45) is 4.99 Å². The van der Waals surface area contributed by atoms with Crippen molar-refractivity contribution in [1.29, 1.82) is 0 Å². The van der Waals surface area contributed by atoms with E-state index in [0.29, 0.717) is 6.04 Å². The number of aliphatic imine (C=N–C) groups is 1. The zero-order chi connectivity index (χ0) is 15.8. The molecular formula is C16H26ClIN4S. The molecular weight excluding hydrogens is 443 g/mol. The highest BCUT2D eigenvalue weighted by Crippen LogP contribution is 2.23. The molecule has 130 valence electrons. The van der Waals surface area contributed by atoms with E-state index in [2.05, 4.69) is 39.8 Å². The second kappa shape index (κ2) is 11.3. The summed E-state index contributed by atoms with van der Waals surface area (Å²) in [6, 6.07) is 8.49. The van der Waals surface area contributed by atoms with Gasteiger partial charge < -0.3 is 15.5 Å². The summed E-state index contributed by atoms with van der Waals surface area (Å²) < 4.78 is 0. The van der Waals surface area contributed by atoms with Crippen LogP contribution in [0, 0.1) is 0 Å². The number of benzene rings is 1. The lowest BCUT2D eigenvalue weighted by atomic mass is 10.3. The van der Waals surface area contributed by atoms with Crippen LogP contribution in [0.25, 0.3) is 0 Å². The van der Waals surface area contributed by atoms with E-state index < -0.39 is 0 Å². The van der Waals surface area contributed by atoms with Crippen molar-refractivity contribution in [3.05, 3.63) is 29.3 Å². The van der Waals surface area contributed by atoms with Crippen molar-refractivity contribution in [1.82, 2.24) is 10.6 Å². The Hall–Kier alpha value is -0.340. The number of nitrogens with one attached hydrogen (secondary N) is 2. The highest BCUT2D eigenvalue weighted by atomic mass is 127. The number of rotatable bonds is 6. The van der Waals surface area contributed by atoms with Gasteiger partial charge in [0.25, 0.3) is 0 Å². The molecule has 0 aromatic heterocycles. The van der Waals surface area contributed by atoms with Gasteiger partial charge in [-0.1, -0.05) is 17.7 Å². The van der Waals surface area contributed by atoms with Gasteiger partial charge in [0.05, 0.1) is 6.54 Å². The number of nitrogens with zero attached hydrogens (tertiary/aromatic N) is 2. The quantitative estimate of drug-likeness (QED) is 0.290. The van der Waals surface area contributed by atoms with Gasteiger partial charge in [0.15, 0.2) is 5.96 Å². The first-order valence-electron chi connectivity index (χ1n) is 7.77. The monoisotopic (exact) mass is 468 g/mol. The first-order chi connectivity index (χ1) is 10.7. The third-order valence-electron chi connectivity index (χ3n) is 3.61.